The Labute approximate surface area is 155 Å². The van der Waals surface area contributed by atoms with E-state index in [1.165, 1.54) is 6.20 Å². The zero-order chi connectivity index (χ0) is 18.1. The van der Waals surface area contributed by atoms with Crippen LogP contribution in [0, 0.1) is 0 Å². The molecule has 0 saturated carbocycles. The average molecular weight is 372 g/mol. The van der Waals surface area contributed by atoms with Gasteiger partial charge in [-0.05, 0) is 44.0 Å². The molecule has 0 amide bonds. The number of nitrogens with zero attached hydrogens (tertiary/aromatic N) is 5. The van der Waals surface area contributed by atoms with Crippen molar-refractivity contribution in [2.45, 2.75) is 19.8 Å². The van der Waals surface area contributed by atoms with Crippen molar-refractivity contribution in [1.82, 2.24) is 19.6 Å². The van der Waals surface area contributed by atoms with Crippen LogP contribution in [0.2, 0.25) is 5.02 Å². The van der Waals surface area contributed by atoms with E-state index in [-0.39, 0.29) is 0 Å². The molecule has 8 heteroatoms. The molecule has 2 aromatic heterocycles. The fourth-order valence-electron chi connectivity index (χ4n) is 3.06. The second-order valence-electron chi connectivity index (χ2n) is 6.06. The quantitative estimate of drug-likeness (QED) is 0.656. The van der Waals surface area contributed by atoms with Gasteiger partial charge in [0.2, 0.25) is 5.95 Å². The van der Waals surface area contributed by atoms with Crippen LogP contribution >= 0.6 is 11.6 Å². The summed E-state index contributed by atoms with van der Waals surface area (Å²) in [6, 6.07) is 7.36. The van der Waals surface area contributed by atoms with Crippen molar-refractivity contribution in [3.05, 3.63) is 41.0 Å². The first-order chi connectivity index (χ1) is 12.7. The highest BCUT2D eigenvalue weighted by Gasteiger charge is 2.23. The molecule has 134 valence electrons. The molecule has 4 rings (SSSR count). The molecule has 1 aliphatic rings. The lowest BCUT2D eigenvalue weighted by Gasteiger charge is -2.16. The molecule has 0 unspecified atom stereocenters. The first kappa shape index (κ1) is 16.8. The molecule has 0 bridgehead atoms. The molecule has 0 spiro atoms. The first-order valence-electron chi connectivity index (χ1n) is 8.61. The Morgan fingerprint density at radius 2 is 1.92 bits per heavy atom. The van der Waals surface area contributed by atoms with Gasteiger partial charge in [-0.1, -0.05) is 11.6 Å². The number of hydrogen-bond acceptors (Lipinski definition) is 6. The highest BCUT2D eigenvalue weighted by atomic mass is 35.5. The van der Waals surface area contributed by atoms with Gasteiger partial charge in [-0.25, -0.2) is 4.79 Å². The third-order valence-electron chi connectivity index (χ3n) is 4.34. The number of esters is 1. The zero-order valence-electron chi connectivity index (χ0n) is 14.4. The number of halogens is 1. The van der Waals surface area contributed by atoms with Crippen molar-refractivity contribution < 1.29 is 9.53 Å². The third kappa shape index (κ3) is 2.99. The molecule has 0 aliphatic carbocycles. The van der Waals surface area contributed by atoms with Crippen molar-refractivity contribution in [1.29, 1.82) is 0 Å². The van der Waals surface area contributed by atoms with Gasteiger partial charge < -0.3 is 9.64 Å². The molecule has 1 aliphatic heterocycles. The minimum Gasteiger partial charge on any atom is -0.462 e. The Hall–Kier alpha value is -2.67. The van der Waals surface area contributed by atoms with Crippen molar-refractivity contribution >= 4 is 29.2 Å². The number of benzene rings is 1. The maximum Gasteiger partial charge on any atom is 0.343 e. The van der Waals surface area contributed by atoms with Crippen molar-refractivity contribution in [2.24, 2.45) is 0 Å². The summed E-state index contributed by atoms with van der Waals surface area (Å²) in [5.41, 5.74) is 1.64. The second-order valence-corrected chi connectivity index (χ2v) is 6.50. The molecule has 7 nitrogen and oxygen atoms in total. The summed E-state index contributed by atoms with van der Waals surface area (Å²) in [6.45, 7) is 3.87. The van der Waals surface area contributed by atoms with Gasteiger partial charge in [0.1, 0.15) is 5.56 Å². The van der Waals surface area contributed by atoms with Crippen molar-refractivity contribution in [3.8, 4) is 11.4 Å². The molecule has 3 heterocycles. The summed E-state index contributed by atoms with van der Waals surface area (Å²) in [5.74, 6) is 0.783. The molecule has 0 N–H and O–H groups in total. The topological polar surface area (TPSA) is 72.6 Å². The largest absolute Gasteiger partial charge is 0.462 e. The van der Waals surface area contributed by atoms with Gasteiger partial charge >= 0.3 is 5.97 Å². The van der Waals surface area contributed by atoms with Crippen molar-refractivity contribution in [2.75, 3.05) is 24.6 Å². The van der Waals surface area contributed by atoms with Crippen LogP contribution < -0.4 is 4.90 Å². The third-order valence-corrected chi connectivity index (χ3v) is 4.59. The minimum atomic E-state index is -0.435. The van der Waals surface area contributed by atoms with Gasteiger partial charge in [0.05, 0.1) is 12.8 Å². The Bertz CT molecular complexity index is 948. The van der Waals surface area contributed by atoms with E-state index in [0.29, 0.717) is 34.6 Å². The minimum absolute atomic E-state index is 0.296. The standard InChI is InChI=1S/C18H18ClN5O2/c1-2-26-17(25)14-11-20-24-15(12-5-7-13(19)8-6-12)21-18(22-16(14)24)23-9-3-4-10-23/h5-8,11H,2-4,9-10H2,1H3. The van der Waals surface area contributed by atoms with Crippen LogP contribution in [0.5, 0.6) is 0 Å². The van der Waals surface area contributed by atoms with E-state index in [0.717, 1.165) is 31.5 Å². The molecule has 1 saturated heterocycles. The predicted octanol–water partition coefficient (Wildman–Crippen LogP) is 3.22. The molecular weight excluding hydrogens is 354 g/mol. The predicted molar refractivity (Wildman–Crippen MR) is 98.6 cm³/mol. The summed E-state index contributed by atoms with van der Waals surface area (Å²) in [6.07, 6.45) is 3.69. The summed E-state index contributed by atoms with van der Waals surface area (Å²) in [7, 11) is 0. The number of carbonyl (C=O) groups excluding carboxylic acids is 1. The fourth-order valence-corrected chi connectivity index (χ4v) is 3.19. The Kier molecular flexibility index (Phi) is 4.46. The summed E-state index contributed by atoms with van der Waals surface area (Å²) in [5, 5.41) is 4.97. The van der Waals surface area contributed by atoms with Gasteiger partial charge in [-0.3, -0.25) is 0 Å². The lowest BCUT2D eigenvalue weighted by molar-refractivity contribution is 0.0528. The van der Waals surface area contributed by atoms with E-state index in [1.807, 2.05) is 12.1 Å². The van der Waals surface area contributed by atoms with Crippen LogP contribution in [-0.2, 0) is 4.74 Å². The first-order valence-corrected chi connectivity index (χ1v) is 8.99. The van der Waals surface area contributed by atoms with Gasteiger partial charge in [0.25, 0.3) is 0 Å². The molecule has 3 aromatic rings. The van der Waals surface area contributed by atoms with Crippen LogP contribution in [-0.4, -0.2) is 45.2 Å². The van der Waals surface area contributed by atoms with E-state index in [2.05, 4.69) is 15.0 Å². The van der Waals surface area contributed by atoms with Crippen LogP contribution in [0.4, 0.5) is 5.95 Å². The summed E-state index contributed by atoms with van der Waals surface area (Å²) in [4.78, 5) is 23.7. The highest BCUT2D eigenvalue weighted by Crippen LogP contribution is 2.25. The number of carbonyl (C=O) groups is 1. The van der Waals surface area contributed by atoms with Crippen LogP contribution in [0.3, 0.4) is 0 Å². The molecule has 0 radical (unpaired) electrons. The number of fused-ring (bicyclic) bond motifs is 1. The lowest BCUT2D eigenvalue weighted by atomic mass is 10.2. The van der Waals surface area contributed by atoms with Crippen LogP contribution in [0.25, 0.3) is 17.0 Å². The second kappa shape index (κ2) is 6.92. The lowest BCUT2D eigenvalue weighted by Crippen LogP contribution is -2.22. The average Bonchev–Trinajstić information content (AvgIpc) is 3.31. The summed E-state index contributed by atoms with van der Waals surface area (Å²) < 4.78 is 6.72. The van der Waals surface area contributed by atoms with E-state index >= 15 is 0 Å². The van der Waals surface area contributed by atoms with Crippen molar-refractivity contribution in [3.63, 3.8) is 0 Å². The normalized spacial score (nSPS) is 14.2. The molecule has 1 aromatic carbocycles. The fraction of sp³-hybridized carbons (Fsp3) is 0.333. The van der Waals surface area contributed by atoms with Gasteiger partial charge in [0, 0.05) is 23.7 Å². The van der Waals surface area contributed by atoms with Gasteiger partial charge in [-0.15, -0.1) is 0 Å². The van der Waals surface area contributed by atoms with E-state index in [9.17, 15) is 4.79 Å². The van der Waals surface area contributed by atoms with Gasteiger partial charge in [-0.2, -0.15) is 19.6 Å². The Balaban J connectivity index is 1.91. The molecule has 26 heavy (non-hydrogen) atoms. The molecular formula is C18H18ClN5O2. The zero-order valence-corrected chi connectivity index (χ0v) is 15.1. The maximum atomic E-state index is 12.3. The monoisotopic (exact) mass is 371 g/mol. The molecule has 1 fully saturated rings. The maximum absolute atomic E-state index is 12.3. The Morgan fingerprint density at radius 3 is 2.62 bits per heavy atom. The smallest absolute Gasteiger partial charge is 0.343 e. The SMILES string of the molecule is CCOC(=O)c1cnn2c(-c3ccc(Cl)cc3)nc(N3CCCC3)nc12. The van der Waals surface area contributed by atoms with E-state index < -0.39 is 5.97 Å². The number of rotatable bonds is 4. The van der Waals surface area contributed by atoms with Crippen LogP contribution in [0.1, 0.15) is 30.1 Å². The van der Waals surface area contributed by atoms with Gasteiger partial charge in [0.15, 0.2) is 11.5 Å². The summed E-state index contributed by atoms with van der Waals surface area (Å²) >= 11 is 6.01. The highest BCUT2D eigenvalue weighted by molar-refractivity contribution is 6.30. The molecule has 0 atom stereocenters. The Morgan fingerprint density at radius 1 is 1.19 bits per heavy atom. The number of aromatic nitrogens is 4. The number of ether oxygens (including phenoxy) is 1. The van der Waals surface area contributed by atoms with E-state index in [1.54, 1.807) is 23.6 Å². The number of anilines is 1. The van der Waals surface area contributed by atoms with E-state index in [4.69, 9.17) is 21.3 Å². The number of hydrogen-bond donors (Lipinski definition) is 0. The van der Waals surface area contributed by atoms with Crippen LogP contribution in [0.15, 0.2) is 30.5 Å².